The van der Waals surface area contributed by atoms with Gasteiger partial charge in [0, 0.05) is 19.1 Å². The summed E-state index contributed by atoms with van der Waals surface area (Å²) in [5.74, 6) is 1.16. The second kappa shape index (κ2) is 11.1. The molecule has 0 atom stereocenters. The lowest BCUT2D eigenvalue weighted by atomic mass is 9.88. The fourth-order valence-corrected chi connectivity index (χ4v) is 5.23. The Morgan fingerprint density at radius 2 is 1.79 bits per heavy atom. The molecule has 34 heavy (non-hydrogen) atoms. The van der Waals surface area contributed by atoms with Crippen LogP contribution in [0.3, 0.4) is 0 Å². The summed E-state index contributed by atoms with van der Waals surface area (Å²) >= 11 is 0. The molecule has 2 aromatic carbocycles. The number of fused-ring (bicyclic) bond motifs is 1. The van der Waals surface area contributed by atoms with E-state index in [2.05, 4.69) is 41.8 Å². The quantitative estimate of drug-likeness (QED) is 0.426. The van der Waals surface area contributed by atoms with Crippen molar-refractivity contribution >= 4 is 0 Å². The van der Waals surface area contributed by atoms with Gasteiger partial charge in [-0.25, -0.2) is 0 Å². The number of ether oxygens (including phenoxy) is 1. The number of benzene rings is 2. The minimum Gasteiger partial charge on any atom is -0.494 e. The van der Waals surface area contributed by atoms with Crippen LogP contribution in [0.2, 0.25) is 0 Å². The van der Waals surface area contributed by atoms with Gasteiger partial charge in [0.1, 0.15) is 5.75 Å². The smallest absolute Gasteiger partial charge is 0.416 e. The van der Waals surface area contributed by atoms with E-state index in [0.717, 1.165) is 75.8 Å². The zero-order valence-electron chi connectivity index (χ0n) is 20.4. The van der Waals surface area contributed by atoms with E-state index in [1.807, 2.05) is 6.07 Å². The SMILES string of the molecule is CC(C)N1CCCc2ccc(OCCCN3CCC(c4cccc(C(F)(F)F)c4)CC3)cc2C1. The zero-order chi connectivity index (χ0) is 24.1. The van der Waals surface area contributed by atoms with Gasteiger partial charge in [-0.15, -0.1) is 0 Å². The molecule has 6 heteroatoms. The Kier molecular flexibility index (Phi) is 8.20. The van der Waals surface area contributed by atoms with Crippen molar-refractivity contribution in [2.45, 2.75) is 70.6 Å². The summed E-state index contributed by atoms with van der Waals surface area (Å²) in [6.07, 6.45) is 0.815. The summed E-state index contributed by atoms with van der Waals surface area (Å²) < 4.78 is 45.1. The lowest BCUT2D eigenvalue weighted by molar-refractivity contribution is -0.137. The molecule has 0 saturated carbocycles. The summed E-state index contributed by atoms with van der Waals surface area (Å²) in [4.78, 5) is 4.93. The number of hydrogen-bond donors (Lipinski definition) is 0. The zero-order valence-corrected chi connectivity index (χ0v) is 20.4. The molecule has 2 aliphatic rings. The molecule has 1 saturated heterocycles. The van der Waals surface area contributed by atoms with E-state index < -0.39 is 11.7 Å². The second-order valence-electron chi connectivity index (χ2n) is 10.0. The van der Waals surface area contributed by atoms with Crippen LogP contribution >= 0.6 is 0 Å². The minimum atomic E-state index is -4.28. The second-order valence-corrected chi connectivity index (χ2v) is 10.0. The van der Waals surface area contributed by atoms with Crippen molar-refractivity contribution in [2.75, 3.05) is 32.8 Å². The van der Waals surface area contributed by atoms with Crippen molar-refractivity contribution in [3.8, 4) is 5.75 Å². The highest BCUT2D eigenvalue weighted by Crippen LogP contribution is 2.34. The third-order valence-corrected chi connectivity index (χ3v) is 7.33. The van der Waals surface area contributed by atoms with E-state index in [4.69, 9.17) is 4.74 Å². The van der Waals surface area contributed by atoms with Crippen LogP contribution in [0.15, 0.2) is 42.5 Å². The van der Waals surface area contributed by atoms with Gasteiger partial charge < -0.3 is 9.64 Å². The van der Waals surface area contributed by atoms with Crippen molar-refractivity contribution in [1.29, 1.82) is 0 Å². The molecule has 3 nitrogen and oxygen atoms in total. The molecule has 0 aliphatic carbocycles. The molecule has 0 amide bonds. The number of halogens is 3. The van der Waals surface area contributed by atoms with E-state index in [0.29, 0.717) is 12.6 Å². The highest BCUT2D eigenvalue weighted by atomic mass is 19.4. The molecule has 0 spiro atoms. The Labute approximate surface area is 201 Å². The van der Waals surface area contributed by atoms with Crippen LogP contribution in [0.4, 0.5) is 13.2 Å². The average molecular weight is 475 g/mol. The monoisotopic (exact) mass is 474 g/mol. The van der Waals surface area contributed by atoms with E-state index in [-0.39, 0.29) is 5.92 Å². The Morgan fingerprint density at radius 1 is 1.00 bits per heavy atom. The number of likely N-dealkylation sites (tertiary alicyclic amines) is 1. The van der Waals surface area contributed by atoms with Crippen molar-refractivity contribution in [3.05, 3.63) is 64.7 Å². The number of nitrogens with zero attached hydrogens (tertiary/aromatic N) is 2. The summed E-state index contributed by atoms with van der Waals surface area (Å²) in [6, 6.07) is 13.0. The molecule has 186 valence electrons. The molecular formula is C28H37F3N2O. The first-order valence-corrected chi connectivity index (χ1v) is 12.7. The van der Waals surface area contributed by atoms with Gasteiger partial charge in [0.15, 0.2) is 0 Å². The molecule has 0 unspecified atom stereocenters. The molecule has 1 fully saturated rings. The normalized spacial score (nSPS) is 18.6. The molecule has 0 aromatic heterocycles. The number of rotatable bonds is 7. The van der Waals surface area contributed by atoms with Gasteiger partial charge in [0.25, 0.3) is 0 Å². The molecule has 4 rings (SSSR count). The van der Waals surface area contributed by atoms with Crippen LogP contribution in [0.1, 0.15) is 67.7 Å². The summed E-state index contributed by atoms with van der Waals surface area (Å²) in [7, 11) is 0. The van der Waals surface area contributed by atoms with Crippen molar-refractivity contribution in [2.24, 2.45) is 0 Å². The maximum atomic E-state index is 13.0. The molecule has 2 aliphatic heterocycles. The summed E-state index contributed by atoms with van der Waals surface area (Å²) in [6.45, 7) is 10.1. The van der Waals surface area contributed by atoms with E-state index in [1.165, 1.54) is 29.7 Å². The number of alkyl halides is 3. The van der Waals surface area contributed by atoms with Gasteiger partial charge >= 0.3 is 6.18 Å². The van der Waals surface area contributed by atoms with Gasteiger partial charge in [-0.05, 0) is 106 Å². The minimum absolute atomic E-state index is 0.208. The molecule has 0 bridgehead atoms. The highest BCUT2D eigenvalue weighted by Gasteiger charge is 2.31. The van der Waals surface area contributed by atoms with E-state index >= 15 is 0 Å². The van der Waals surface area contributed by atoms with Crippen LogP contribution in [0.25, 0.3) is 0 Å². The van der Waals surface area contributed by atoms with E-state index in [9.17, 15) is 13.2 Å². The standard InChI is InChI=1S/C28H37F3N2O/c1-21(2)33-14-4-7-22-9-10-27(19-25(22)20-33)34-17-5-13-32-15-11-23(12-16-32)24-6-3-8-26(18-24)28(29,30)31/h3,6,8-10,18-19,21,23H,4-5,7,11-17,20H2,1-2H3. The number of aryl methyl sites for hydroxylation is 1. The molecule has 2 aromatic rings. The van der Waals surface area contributed by atoms with Crippen molar-refractivity contribution < 1.29 is 17.9 Å². The third kappa shape index (κ3) is 6.54. The van der Waals surface area contributed by atoms with Gasteiger partial charge in [-0.2, -0.15) is 13.2 Å². The predicted molar refractivity (Wildman–Crippen MR) is 130 cm³/mol. The highest BCUT2D eigenvalue weighted by molar-refractivity contribution is 5.36. The van der Waals surface area contributed by atoms with Crippen molar-refractivity contribution in [3.63, 3.8) is 0 Å². The largest absolute Gasteiger partial charge is 0.494 e. The topological polar surface area (TPSA) is 15.7 Å². The molecule has 2 heterocycles. The Balaban J connectivity index is 1.21. The fraction of sp³-hybridized carbons (Fsp3) is 0.571. The first-order chi connectivity index (χ1) is 16.3. The predicted octanol–water partition coefficient (Wildman–Crippen LogP) is 6.51. The first kappa shape index (κ1) is 25.1. The van der Waals surface area contributed by atoms with Crippen LogP contribution in [0.5, 0.6) is 5.75 Å². The van der Waals surface area contributed by atoms with Crippen LogP contribution in [-0.4, -0.2) is 48.6 Å². The fourth-order valence-electron chi connectivity index (χ4n) is 5.23. The molecule has 0 N–H and O–H groups in total. The van der Waals surface area contributed by atoms with Gasteiger partial charge in [-0.1, -0.05) is 24.3 Å². The van der Waals surface area contributed by atoms with Crippen LogP contribution in [0, 0.1) is 0 Å². The van der Waals surface area contributed by atoms with Crippen LogP contribution in [-0.2, 0) is 19.1 Å². The average Bonchev–Trinajstić information content (AvgIpc) is 3.04. The first-order valence-electron chi connectivity index (χ1n) is 12.7. The van der Waals surface area contributed by atoms with Crippen molar-refractivity contribution in [1.82, 2.24) is 9.80 Å². The Morgan fingerprint density at radius 3 is 2.53 bits per heavy atom. The Hall–Kier alpha value is -2.05. The van der Waals surface area contributed by atoms with Crippen LogP contribution < -0.4 is 4.74 Å². The van der Waals surface area contributed by atoms with E-state index in [1.54, 1.807) is 0 Å². The van der Waals surface area contributed by atoms with Gasteiger partial charge in [0.05, 0.1) is 12.2 Å². The third-order valence-electron chi connectivity index (χ3n) is 7.33. The van der Waals surface area contributed by atoms with Gasteiger partial charge in [-0.3, -0.25) is 4.90 Å². The lowest BCUT2D eigenvalue weighted by Gasteiger charge is -2.32. The lowest BCUT2D eigenvalue weighted by Crippen LogP contribution is -2.34. The maximum Gasteiger partial charge on any atom is 0.416 e. The number of piperidine rings is 1. The maximum absolute atomic E-state index is 13.0. The number of hydrogen-bond acceptors (Lipinski definition) is 3. The summed E-state index contributed by atoms with van der Waals surface area (Å²) in [5, 5.41) is 0. The van der Waals surface area contributed by atoms with Gasteiger partial charge in [0.2, 0.25) is 0 Å². The summed E-state index contributed by atoms with van der Waals surface area (Å²) in [5.41, 5.74) is 3.11. The Bertz CT molecular complexity index is 935. The molecule has 0 radical (unpaired) electrons. The molecular weight excluding hydrogens is 437 g/mol.